The molecular weight excluding hydrogens is 296 g/mol. The number of hydrogen-bond donors (Lipinski definition) is 2. The number of carbonyl (C=O) groups excluding carboxylic acids is 1. The van der Waals surface area contributed by atoms with Crippen LogP contribution in [0.15, 0.2) is 6.07 Å². The van der Waals surface area contributed by atoms with E-state index in [4.69, 9.17) is 5.11 Å². The van der Waals surface area contributed by atoms with E-state index in [1.807, 2.05) is 0 Å². The lowest BCUT2D eigenvalue weighted by Gasteiger charge is -2.22. The van der Waals surface area contributed by atoms with Crippen LogP contribution in [0.5, 0.6) is 0 Å². The second-order valence-electron chi connectivity index (χ2n) is 4.46. The van der Waals surface area contributed by atoms with Crippen molar-refractivity contribution in [2.24, 2.45) is 0 Å². The second kappa shape index (κ2) is 5.58. The van der Waals surface area contributed by atoms with Gasteiger partial charge in [-0.3, -0.25) is 0 Å². The fourth-order valence-corrected chi connectivity index (χ4v) is 2.13. The Morgan fingerprint density at radius 3 is 2.29 bits per heavy atom. The normalized spacial score (nSPS) is 17.9. The predicted molar refractivity (Wildman–Crippen MR) is 62.7 cm³/mol. The summed E-state index contributed by atoms with van der Waals surface area (Å²) in [4.78, 5) is 23.6. The molecule has 0 radical (unpaired) electrons. The van der Waals surface area contributed by atoms with Gasteiger partial charge in [-0.15, -0.1) is 0 Å². The third-order valence-corrected chi connectivity index (χ3v) is 3.14. The monoisotopic (exact) mass is 306 g/mol. The summed E-state index contributed by atoms with van der Waals surface area (Å²) in [7, 11) is 0. The summed E-state index contributed by atoms with van der Waals surface area (Å²) in [5.41, 5.74) is -1.28. The minimum absolute atomic E-state index is 0.0101. The Bertz CT molecular complexity index is 582. The first kappa shape index (κ1) is 15.1. The van der Waals surface area contributed by atoms with Gasteiger partial charge in [-0.25, -0.2) is 27.2 Å². The Hall–Kier alpha value is -2.32. The minimum Gasteiger partial charge on any atom is -0.480 e. The molecule has 2 rings (SSSR count). The van der Waals surface area contributed by atoms with Gasteiger partial charge in [0.05, 0.1) is 0 Å². The summed E-state index contributed by atoms with van der Waals surface area (Å²) >= 11 is 0. The molecule has 2 N–H and O–H groups in total. The molecule has 114 valence electrons. The van der Waals surface area contributed by atoms with Gasteiger partial charge in [0.15, 0.2) is 23.3 Å². The van der Waals surface area contributed by atoms with Gasteiger partial charge in [0.1, 0.15) is 11.7 Å². The van der Waals surface area contributed by atoms with Crippen LogP contribution < -0.4 is 5.32 Å². The zero-order chi connectivity index (χ0) is 15.7. The van der Waals surface area contributed by atoms with Crippen LogP contribution in [0.1, 0.15) is 12.8 Å². The van der Waals surface area contributed by atoms with Gasteiger partial charge in [-0.2, -0.15) is 0 Å². The number of urea groups is 1. The maximum absolute atomic E-state index is 13.4. The van der Waals surface area contributed by atoms with E-state index in [9.17, 15) is 27.2 Å². The molecule has 2 amide bonds. The molecule has 1 aromatic rings. The fourth-order valence-electron chi connectivity index (χ4n) is 2.13. The number of halogens is 4. The van der Waals surface area contributed by atoms with Crippen molar-refractivity contribution in [1.82, 2.24) is 4.90 Å². The number of nitrogens with zero attached hydrogens (tertiary/aromatic N) is 1. The summed E-state index contributed by atoms with van der Waals surface area (Å²) in [6.45, 7) is 0.0594. The molecule has 1 aliphatic heterocycles. The molecule has 0 aliphatic carbocycles. The predicted octanol–water partition coefficient (Wildman–Crippen LogP) is 2.32. The average Bonchev–Trinajstić information content (AvgIpc) is 2.91. The van der Waals surface area contributed by atoms with Crippen LogP contribution in [0.3, 0.4) is 0 Å². The van der Waals surface area contributed by atoms with E-state index in [1.165, 1.54) is 0 Å². The second-order valence-corrected chi connectivity index (χ2v) is 4.46. The van der Waals surface area contributed by atoms with E-state index in [0.29, 0.717) is 6.42 Å². The molecule has 1 heterocycles. The zero-order valence-electron chi connectivity index (χ0n) is 10.5. The van der Waals surface area contributed by atoms with Gasteiger partial charge in [-0.1, -0.05) is 0 Å². The summed E-state index contributed by atoms with van der Waals surface area (Å²) in [6.07, 6.45) is 0.581. The SMILES string of the molecule is O=C(O)[C@@H]1CCCN1C(=O)Nc1c(F)c(F)cc(F)c1F. The van der Waals surface area contributed by atoms with Gasteiger partial charge in [0.2, 0.25) is 0 Å². The molecule has 0 spiro atoms. The number of nitrogens with one attached hydrogen (secondary N) is 1. The average molecular weight is 306 g/mol. The third-order valence-electron chi connectivity index (χ3n) is 3.14. The Kier molecular flexibility index (Phi) is 4.01. The van der Waals surface area contributed by atoms with Gasteiger partial charge in [-0.05, 0) is 12.8 Å². The molecule has 0 bridgehead atoms. The van der Waals surface area contributed by atoms with Crippen LogP contribution >= 0.6 is 0 Å². The molecule has 1 fully saturated rings. The van der Waals surface area contributed by atoms with Crippen LogP contribution in [0.2, 0.25) is 0 Å². The molecule has 0 aromatic heterocycles. The molecule has 9 heteroatoms. The molecule has 5 nitrogen and oxygen atoms in total. The summed E-state index contributed by atoms with van der Waals surface area (Å²) in [5, 5.41) is 10.6. The first-order chi connectivity index (χ1) is 9.82. The lowest BCUT2D eigenvalue weighted by atomic mass is 10.2. The van der Waals surface area contributed by atoms with E-state index in [0.717, 1.165) is 4.90 Å². The quantitative estimate of drug-likeness (QED) is 0.651. The third kappa shape index (κ3) is 2.76. The zero-order valence-corrected chi connectivity index (χ0v) is 10.5. The number of carboxylic acid groups (broad SMARTS) is 1. The number of rotatable bonds is 2. The van der Waals surface area contributed by atoms with Crippen molar-refractivity contribution in [3.63, 3.8) is 0 Å². The highest BCUT2D eigenvalue weighted by Gasteiger charge is 2.35. The van der Waals surface area contributed by atoms with E-state index in [-0.39, 0.29) is 19.0 Å². The molecule has 1 atom stereocenters. The molecule has 21 heavy (non-hydrogen) atoms. The Labute approximate surface area is 116 Å². The van der Waals surface area contributed by atoms with Gasteiger partial charge in [0.25, 0.3) is 0 Å². The molecule has 0 saturated carbocycles. The van der Waals surface area contributed by atoms with E-state index in [1.54, 1.807) is 5.32 Å². The van der Waals surface area contributed by atoms with Crippen molar-refractivity contribution < 1.29 is 32.3 Å². The largest absolute Gasteiger partial charge is 0.480 e. The van der Waals surface area contributed by atoms with Gasteiger partial charge >= 0.3 is 12.0 Å². The number of anilines is 1. The standard InChI is InChI=1S/C12H10F4N2O3/c13-5-4-6(14)9(16)10(8(5)15)17-12(21)18-3-1-2-7(18)11(19)20/h4,7H,1-3H2,(H,17,21)(H,19,20)/t7-/m0/s1. The Balaban J connectivity index is 2.26. The maximum atomic E-state index is 13.4. The first-order valence-corrected chi connectivity index (χ1v) is 5.96. The van der Waals surface area contributed by atoms with Crippen molar-refractivity contribution in [2.45, 2.75) is 18.9 Å². The van der Waals surface area contributed by atoms with Crippen molar-refractivity contribution in [3.05, 3.63) is 29.3 Å². The maximum Gasteiger partial charge on any atom is 0.326 e. The highest BCUT2D eigenvalue weighted by molar-refractivity contribution is 5.93. The van der Waals surface area contributed by atoms with Gasteiger partial charge < -0.3 is 15.3 Å². The molecule has 0 unspecified atom stereocenters. The number of likely N-dealkylation sites (tertiary alicyclic amines) is 1. The highest BCUT2D eigenvalue weighted by Crippen LogP contribution is 2.26. The number of hydrogen-bond acceptors (Lipinski definition) is 2. The van der Waals surface area contributed by atoms with Crippen molar-refractivity contribution in [1.29, 1.82) is 0 Å². The smallest absolute Gasteiger partial charge is 0.326 e. The molecular formula is C12H10F4N2O3. The number of carbonyl (C=O) groups is 2. The van der Waals surface area contributed by atoms with Crippen LogP contribution in [0.25, 0.3) is 0 Å². The number of amides is 2. The van der Waals surface area contributed by atoms with Crippen LogP contribution in [0.4, 0.5) is 28.0 Å². The van der Waals surface area contributed by atoms with Crippen molar-refractivity contribution >= 4 is 17.7 Å². The fraction of sp³-hybridized carbons (Fsp3) is 0.333. The molecule has 1 saturated heterocycles. The number of benzene rings is 1. The van der Waals surface area contributed by atoms with Crippen molar-refractivity contribution in [2.75, 3.05) is 11.9 Å². The Morgan fingerprint density at radius 2 is 1.76 bits per heavy atom. The molecule has 1 aliphatic rings. The number of aliphatic carboxylic acids is 1. The summed E-state index contributed by atoms with van der Waals surface area (Å²) in [5.74, 6) is -8.11. The van der Waals surface area contributed by atoms with E-state index < -0.39 is 47.0 Å². The van der Waals surface area contributed by atoms with Gasteiger partial charge in [0, 0.05) is 12.6 Å². The Morgan fingerprint density at radius 1 is 1.19 bits per heavy atom. The molecule has 1 aromatic carbocycles. The topological polar surface area (TPSA) is 69.6 Å². The van der Waals surface area contributed by atoms with E-state index in [2.05, 4.69) is 0 Å². The lowest BCUT2D eigenvalue weighted by Crippen LogP contribution is -2.43. The summed E-state index contributed by atoms with van der Waals surface area (Å²) in [6, 6.07) is -2.27. The first-order valence-electron chi connectivity index (χ1n) is 5.96. The van der Waals surface area contributed by atoms with Crippen LogP contribution in [-0.2, 0) is 4.79 Å². The summed E-state index contributed by atoms with van der Waals surface area (Å²) < 4.78 is 52.9. The van der Waals surface area contributed by atoms with Crippen LogP contribution in [-0.4, -0.2) is 34.6 Å². The lowest BCUT2D eigenvalue weighted by molar-refractivity contribution is -0.141. The highest BCUT2D eigenvalue weighted by atomic mass is 19.2. The van der Waals surface area contributed by atoms with Crippen LogP contribution in [0, 0.1) is 23.3 Å². The van der Waals surface area contributed by atoms with E-state index >= 15 is 0 Å². The minimum atomic E-state index is -1.76. The van der Waals surface area contributed by atoms with Crippen molar-refractivity contribution in [3.8, 4) is 0 Å². The number of carboxylic acids is 1.